The van der Waals surface area contributed by atoms with E-state index in [0.29, 0.717) is 12.2 Å². The molecule has 0 unspecified atom stereocenters. The van der Waals surface area contributed by atoms with Crippen molar-refractivity contribution >= 4 is 6.08 Å². The van der Waals surface area contributed by atoms with E-state index in [1.54, 1.807) is 6.92 Å². The number of ether oxygens (including phenoxy) is 1. The lowest BCUT2D eigenvalue weighted by Gasteiger charge is -2.02. The van der Waals surface area contributed by atoms with Gasteiger partial charge in [-0.25, -0.2) is 0 Å². The van der Waals surface area contributed by atoms with Crippen LogP contribution < -0.4 is 4.74 Å². The molecule has 0 spiro atoms. The van der Waals surface area contributed by atoms with Crippen LogP contribution in [0.3, 0.4) is 0 Å². The third kappa shape index (κ3) is 2.95. The van der Waals surface area contributed by atoms with E-state index in [9.17, 15) is 0 Å². The zero-order valence-corrected chi connectivity index (χ0v) is 8.45. The van der Waals surface area contributed by atoms with Gasteiger partial charge in [-0.1, -0.05) is 12.1 Å². The van der Waals surface area contributed by atoms with E-state index in [1.807, 2.05) is 37.3 Å². The molecule has 0 aliphatic rings. The molecule has 14 heavy (non-hydrogen) atoms. The quantitative estimate of drug-likeness (QED) is 0.681. The SMILES string of the molecule is CCOc1ccc(/C=C(/C)C#N)cc1. The number of allylic oxidation sites excluding steroid dienone is 1. The molecule has 0 radical (unpaired) electrons. The number of hydrogen-bond acceptors (Lipinski definition) is 2. The van der Waals surface area contributed by atoms with Gasteiger partial charge in [0.15, 0.2) is 0 Å². The number of benzene rings is 1. The van der Waals surface area contributed by atoms with Crippen molar-refractivity contribution in [2.24, 2.45) is 0 Å². The summed E-state index contributed by atoms with van der Waals surface area (Å²) in [6.07, 6.45) is 1.84. The van der Waals surface area contributed by atoms with Gasteiger partial charge in [-0.2, -0.15) is 5.26 Å². The first-order valence-electron chi connectivity index (χ1n) is 4.57. The van der Waals surface area contributed by atoms with Gasteiger partial charge in [-0.3, -0.25) is 0 Å². The van der Waals surface area contributed by atoms with E-state index in [2.05, 4.69) is 6.07 Å². The largest absolute Gasteiger partial charge is 0.494 e. The molecule has 0 fully saturated rings. The average molecular weight is 187 g/mol. The molecular weight excluding hydrogens is 174 g/mol. The smallest absolute Gasteiger partial charge is 0.119 e. The van der Waals surface area contributed by atoms with Gasteiger partial charge >= 0.3 is 0 Å². The Morgan fingerprint density at radius 1 is 1.43 bits per heavy atom. The number of rotatable bonds is 3. The Labute approximate surface area is 84.4 Å². The van der Waals surface area contributed by atoms with Gasteiger partial charge in [0.1, 0.15) is 5.75 Å². The van der Waals surface area contributed by atoms with E-state index >= 15 is 0 Å². The van der Waals surface area contributed by atoms with Gasteiger partial charge in [0, 0.05) is 5.57 Å². The van der Waals surface area contributed by atoms with Crippen LogP contribution in [0.2, 0.25) is 0 Å². The Morgan fingerprint density at radius 2 is 2.07 bits per heavy atom. The van der Waals surface area contributed by atoms with Crippen molar-refractivity contribution in [1.82, 2.24) is 0 Å². The fourth-order valence-corrected chi connectivity index (χ4v) is 1.11. The fourth-order valence-electron chi connectivity index (χ4n) is 1.11. The van der Waals surface area contributed by atoms with Crippen LogP contribution in [0.1, 0.15) is 19.4 Å². The number of hydrogen-bond donors (Lipinski definition) is 0. The summed E-state index contributed by atoms with van der Waals surface area (Å²) in [4.78, 5) is 0. The summed E-state index contributed by atoms with van der Waals surface area (Å²) in [7, 11) is 0. The summed E-state index contributed by atoms with van der Waals surface area (Å²) < 4.78 is 5.31. The summed E-state index contributed by atoms with van der Waals surface area (Å²) in [5, 5.41) is 8.59. The molecule has 1 aromatic rings. The van der Waals surface area contributed by atoms with Crippen LogP contribution in [0.25, 0.3) is 6.08 Å². The Bertz CT molecular complexity index is 357. The molecule has 0 aromatic heterocycles. The molecule has 0 amide bonds. The lowest BCUT2D eigenvalue weighted by Crippen LogP contribution is -1.90. The molecule has 0 bridgehead atoms. The molecule has 72 valence electrons. The van der Waals surface area contributed by atoms with Crippen LogP contribution in [-0.4, -0.2) is 6.61 Å². The zero-order valence-electron chi connectivity index (χ0n) is 8.45. The summed E-state index contributed by atoms with van der Waals surface area (Å²) in [6, 6.07) is 9.76. The maximum atomic E-state index is 8.59. The van der Waals surface area contributed by atoms with Crippen LogP contribution >= 0.6 is 0 Å². The predicted octanol–water partition coefficient (Wildman–Crippen LogP) is 3.01. The number of nitrogens with zero attached hydrogens (tertiary/aromatic N) is 1. The molecule has 0 aliphatic heterocycles. The van der Waals surface area contributed by atoms with Crippen molar-refractivity contribution < 1.29 is 4.74 Å². The molecule has 0 heterocycles. The molecular formula is C12H13NO. The first-order valence-corrected chi connectivity index (χ1v) is 4.57. The molecule has 2 heteroatoms. The summed E-state index contributed by atoms with van der Waals surface area (Å²) >= 11 is 0. The topological polar surface area (TPSA) is 33.0 Å². The molecule has 0 N–H and O–H groups in total. The van der Waals surface area contributed by atoms with Gasteiger partial charge in [-0.15, -0.1) is 0 Å². The zero-order chi connectivity index (χ0) is 10.4. The van der Waals surface area contributed by atoms with E-state index in [1.165, 1.54) is 0 Å². The van der Waals surface area contributed by atoms with Crippen molar-refractivity contribution in [1.29, 1.82) is 5.26 Å². The molecule has 0 saturated heterocycles. The molecule has 1 rings (SSSR count). The fraction of sp³-hybridized carbons (Fsp3) is 0.250. The van der Waals surface area contributed by atoms with Crippen LogP contribution in [0.5, 0.6) is 5.75 Å². The van der Waals surface area contributed by atoms with Crippen molar-refractivity contribution in [2.45, 2.75) is 13.8 Å². The number of nitriles is 1. The summed E-state index contributed by atoms with van der Waals surface area (Å²) in [6.45, 7) is 4.41. The van der Waals surface area contributed by atoms with E-state index in [-0.39, 0.29) is 0 Å². The molecule has 1 aromatic carbocycles. The standard InChI is InChI=1S/C12H13NO/c1-3-14-12-6-4-11(5-7-12)8-10(2)9-13/h4-8H,3H2,1-2H3/b10-8-. The van der Waals surface area contributed by atoms with Crippen molar-refractivity contribution in [3.05, 3.63) is 35.4 Å². The molecule has 0 aliphatic carbocycles. The van der Waals surface area contributed by atoms with Gasteiger partial charge < -0.3 is 4.74 Å². The minimum atomic E-state index is 0.673. The van der Waals surface area contributed by atoms with Gasteiger partial charge in [0.2, 0.25) is 0 Å². The lowest BCUT2D eigenvalue weighted by atomic mass is 10.1. The third-order valence-electron chi connectivity index (χ3n) is 1.75. The van der Waals surface area contributed by atoms with Crippen LogP contribution in [0, 0.1) is 11.3 Å². The highest BCUT2D eigenvalue weighted by atomic mass is 16.5. The predicted molar refractivity (Wildman–Crippen MR) is 56.9 cm³/mol. The Morgan fingerprint density at radius 3 is 2.57 bits per heavy atom. The van der Waals surface area contributed by atoms with Crippen LogP contribution in [-0.2, 0) is 0 Å². The second kappa shape index (κ2) is 5.08. The van der Waals surface area contributed by atoms with Gasteiger partial charge in [0.05, 0.1) is 12.7 Å². The first-order chi connectivity index (χ1) is 6.76. The lowest BCUT2D eigenvalue weighted by molar-refractivity contribution is 0.340. The van der Waals surface area contributed by atoms with Gasteiger partial charge in [-0.05, 0) is 37.6 Å². The highest BCUT2D eigenvalue weighted by molar-refractivity contribution is 5.56. The van der Waals surface area contributed by atoms with Gasteiger partial charge in [0.25, 0.3) is 0 Å². The van der Waals surface area contributed by atoms with Crippen LogP contribution in [0.4, 0.5) is 0 Å². The molecule has 0 atom stereocenters. The summed E-state index contributed by atoms with van der Waals surface area (Å²) in [5.41, 5.74) is 1.72. The highest BCUT2D eigenvalue weighted by Gasteiger charge is 1.92. The minimum absolute atomic E-state index is 0.673. The highest BCUT2D eigenvalue weighted by Crippen LogP contribution is 2.14. The monoisotopic (exact) mass is 187 g/mol. The first kappa shape index (κ1) is 10.3. The molecule has 2 nitrogen and oxygen atoms in total. The van der Waals surface area contributed by atoms with E-state index in [4.69, 9.17) is 10.00 Å². The Kier molecular flexibility index (Phi) is 3.75. The molecule has 0 saturated carbocycles. The van der Waals surface area contributed by atoms with Crippen molar-refractivity contribution in [2.75, 3.05) is 6.61 Å². The second-order valence-corrected chi connectivity index (χ2v) is 2.94. The summed E-state index contributed by atoms with van der Waals surface area (Å²) in [5.74, 6) is 0.860. The Balaban J connectivity index is 2.79. The van der Waals surface area contributed by atoms with Crippen molar-refractivity contribution in [3.8, 4) is 11.8 Å². The minimum Gasteiger partial charge on any atom is -0.494 e. The third-order valence-corrected chi connectivity index (χ3v) is 1.75. The average Bonchev–Trinajstić information content (AvgIpc) is 2.21. The van der Waals surface area contributed by atoms with E-state index in [0.717, 1.165) is 11.3 Å². The van der Waals surface area contributed by atoms with E-state index < -0.39 is 0 Å². The Hall–Kier alpha value is -1.75. The van der Waals surface area contributed by atoms with Crippen LogP contribution in [0.15, 0.2) is 29.8 Å². The maximum absolute atomic E-state index is 8.59. The maximum Gasteiger partial charge on any atom is 0.119 e. The normalized spacial score (nSPS) is 10.8. The second-order valence-electron chi connectivity index (χ2n) is 2.94. The van der Waals surface area contributed by atoms with Crippen molar-refractivity contribution in [3.63, 3.8) is 0 Å².